The number of ether oxygens (including phenoxy) is 1. The minimum Gasteiger partial charge on any atom is -0.494 e. The van der Waals surface area contributed by atoms with Crippen molar-refractivity contribution in [3.05, 3.63) is 54.0 Å². The van der Waals surface area contributed by atoms with Gasteiger partial charge < -0.3 is 14.5 Å². The van der Waals surface area contributed by atoms with E-state index in [-0.39, 0.29) is 6.04 Å². The topological polar surface area (TPSA) is 34.4 Å². The molecule has 1 atom stereocenters. The van der Waals surface area contributed by atoms with Gasteiger partial charge in [0, 0.05) is 5.56 Å². The van der Waals surface area contributed by atoms with Crippen LogP contribution in [0.3, 0.4) is 0 Å². The third-order valence-corrected chi connectivity index (χ3v) is 2.98. The molecule has 0 fully saturated rings. The molecule has 1 heterocycles. The van der Waals surface area contributed by atoms with Crippen molar-refractivity contribution in [2.75, 3.05) is 13.2 Å². The van der Waals surface area contributed by atoms with Crippen LogP contribution in [-0.2, 0) is 0 Å². The lowest BCUT2D eigenvalue weighted by molar-refractivity contribution is 0.339. The Bertz CT molecular complexity index is 479. The van der Waals surface area contributed by atoms with Crippen molar-refractivity contribution in [2.24, 2.45) is 0 Å². The summed E-state index contributed by atoms with van der Waals surface area (Å²) in [7, 11) is 0. The Morgan fingerprint density at radius 2 is 2.11 bits per heavy atom. The van der Waals surface area contributed by atoms with Gasteiger partial charge in [-0.2, -0.15) is 0 Å². The summed E-state index contributed by atoms with van der Waals surface area (Å²) in [6.07, 6.45) is 4.60. The van der Waals surface area contributed by atoms with Gasteiger partial charge >= 0.3 is 0 Å². The SMILES string of the molecule is CCCNC(c1ccoc1)c1cccc(OCC)c1. The molecule has 19 heavy (non-hydrogen) atoms. The predicted octanol–water partition coefficient (Wildman–Crippen LogP) is 3.77. The lowest BCUT2D eigenvalue weighted by atomic mass is 10.0. The fourth-order valence-corrected chi connectivity index (χ4v) is 2.11. The van der Waals surface area contributed by atoms with Crippen molar-refractivity contribution >= 4 is 0 Å². The maximum absolute atomic E-state index is 5.57. The van der Waals surface area contributed by atoms with Crippen molar-refractivity contribution in [1.82, 2.24) is 5.32 Å². The number of benzene rings is 1. The first-order valence-electron chi connectivity index (χ1n) is 6.83. The van der Waals surface area contributed by atoms with Crippen LogP contribution in [0.1, 0.15) is 37.4 Å². The summed E-state index contributed by atoms with van der Waals surface area (Å²) in [5.41, 5.74) is 2.34. The lowest BCUT2D eigenvalue weighted by Crippen LogP contribution is -2.22. The highest BCUT2D eigenvalue weighted by molar-refractivity contribution is 5.35. The van der Waals surface area contributed by atoms with Gasteiger partial charge in [0.2, 0.25) is 0 Å². The van der Waals surface area contributed by atoms with E-state index < -0.39 is 0 Å². The summed E-state index contributed by atoms with van der Waals surface area (Å²) in [6.45, 7) is 5.81. The van der Waals surface area contributed by atoms with E-state index in [2.05, 4.69) is 24.4 Å². The molecule has 3 nitrogen and oxygen atoms in total. The second-order valence-corrected chi connectivity index (χ2v) is 4.45. The molecule has 0 spiro atoms. The molecule has 0 radical (unpaired) electrons. The average Bonchev–Trinajstić information content (AvgIpc) is 2.94. The molecule has 1 aromatic carbocycles. The van der Waals surface area contributed by atoms with Crippen molar-refractivity contribution in [2.45, 2.75) is 26.3 Å². The van der Waals surface area contributed by atoms with Gasteiger partial charge in [0.25, 0.3) is 0 Å². The number of hydrogen-bond acceptors (Lipinski definition) is 3. The van der Waals surface area contributed by atoms with Crippen LogP contribution in [0.2, 0.25) is 0 Å². The minimum absolute atomic E-state index is 0.152. The summed E-state index contributed by atoms with van der Waals surface area (Å²) in [4.78, 5) is 0. The quantitative estimate of drug-likeness (QED) is 0.822. The van der Waals surface area contributed by atoms with Gasteiger partial charge in [-0.25, -0.2) is 0 Å². The van der Waals surface area contributed by atoms with Crippen molar-refractivity contribution in [3.8, 4) is 5.75 Å². The van der Waals surface area contributed by atoms with E-state index in [1.54, 1.807) is 12.5 Å². The average molecular weight is 259 g/mol. The first kappa shape index (κ1) is 13.7. The first-order valence-corrected chi connectivity index (χ1v) is 6.83. The van der Waals surface area contributed by atoms with Gasteiger partial charge in [0.05, 0.1) is 25.2 Å². The van der Waals surface area contributed by atoms with Gasteiger partial charge in [0.15, 0.2) is 0 Å². The van der Waals surface area contributed by atoms with E-state index in [9.17, 15) is 0 Å². The molecule has 1 aromatic heterocycles. The minimum atomic E-state index is 0.152. The molecule has 2 aromatic rings. The molecular weight excluding hydrogens is 238 g/mol. The van der Waals surface area contributed by atoms with E-state index >= 15 is 0 Å². The van der Waals surface area contributed by atoms with E-state index in [0.29, 0.717) is 6.61 Å². The summed E-state index contributed by atoms with van der Waals surface area (Å²) < 4.78 is 10.8. The molecule has 0 saturated heterocycles. The number of hydrogen-bond donors (Lipinski definition) is 1. The maximum atomic E-state index is 5.57. The van der Waals surface area contributed by atoms with Crippen molar-refractivity contribution in [1.29, 1.82) is 0 Å². The molecule has 0 aliphatic carbocycles. The number of furan rings is 1. The Hall–Kier alpha value is -1.74. The molecule has 1 unspecified atom stereocenters. The van der Waals surface area contributed by atoms with Gasteiger partial charge in [-0.15, -0.1) is 0 Å². The first-order chi connectivity index (χ1) is 9.35. The fraction of sp³-hybridized carbons (Fsp3) is 0.375. The summed E-state index contributed by atoms with van der Waals surface area (Å²) in [5, 5.41) is 3.54. The highest BCUT2D eigenvalue weighted by atomic mass is 16.5. The van der Waals surface area contributed by atoms with Gasteiger partial charge in [-0.1, -0.05) is 19.1 Å². The van der Waals surface area contributed by atoms with Crippen LogP contribution in [0.15, 0.2) is 47.3 Å². The molecule has 0 aliphatic rings. The van der Waals surface area contributed by atoms with Crippen LogP contribution in [-0.4, -0.2) is 13.2 Å². The summed E-state index contributed by atoms with van der Waals surface area (Å²) in [5.74, 6) is 0.909. The third-order valence-electron chi connectivity index (χ3n) is 2.98. The van der Waals surface area contributed by atoms with Crippen molar-refractivity contribution in [3.63, 3.8) is 0 Å². The van der Waals surface area contributed by atoms with Crippen LogP contribution in [0.5, 0.6) is 5.75 Å². The zero-order chi connectivity index (χ0) is 13.5. The van der Waals surface area contributed by atoms with Gasteiger partial charge in [0.1, 0.15) is 5.75 Å². The number of nitrogens with one attached hydrogen (secondary N) is 1. The third kappa shape index (κ3) is 3.61. The largest absolute Gasteiger partial charge is 0.494 e. The predicted molar refractivity (Wildman–Crippen MR) is 76.5 cm³/mol. The molecule has 102 valence electrons. The monoisotopic (exact) mass is 259 g/mol. The van der Waals surface area contributed by atoms with Crippen LogP contribution in [0, 0.1) is 0 Å². The zero-order valence-electron chi connectivity index (χ0n) is 11.6. The smallest absolute Gasteiger partial charge is 0.119 e. The lowest BCUT2D eigenvalue weighted by Gasteiger charge is -2.18. The molecule has 0 saturated carbocycles. The Kier molecular flexibility index (Phi) is 5.04. The highest BCUT2D eigenvalue weighted by Gasteiger charge is 2.14. The Morgan fingerprint density at radius 3 is 2.79 bits per heavy atom. The normalized spacial score (nSPS) is 12.3. The highest BCUT2D eigenvalue weighted by Crippen LogP contribution is 2.25. The zero-order valence-corrected chi connectivity index (χ0v) is 11.6. The summed E-state index contributed by atoms with van der Waals surface area (Å²) >= 11 is 0. The summed E-state index contributed by atoms with van der Waals surface area (Å²) in [6, 6.07) is 10.4. The van der Waals surface area contributed by atoms with Gasteiger partial charge in [-0.3, -0.25) is 0 Å². The van der Waals surface area contributed by atoms with Crippen LogP contribution < -0.4 is 10.1 Å². The van der Waals surface area contributed by atoms with E-state index in [0.717, 1.165) is 24.3 Å². The van der Waals surface area contributed by atoms with Crippen LogP contribution in [0.4, 0.5) is 0 Å². The molecule has 3 heteroatoms. The standard InChI is InChI=1S/C16H21NO2/c1-3-9-17-16(14-8-10-18-12-14)13-6-5-7-15(11-13)19-4-2/h5-8,10-12,16-17H,3-4,9H2,1-2H3. The molecule has 0 aliphatic heterocycles. The van der Waals surface area contributed by atoms with E-state index in [1.165, 1.54) is 5.56 Å². The Labute approximate surface area is 114 Å². The maximum Gasteiger partial charge on any atom is 0.119 e. The Morgan fingerprint density at radius 1 is 1.21 bits per heavy atom. The molecule has 0 bridgehead atoms. The van der Waals surface area contributed by atoms with Crippen LogP contribution in [0.25, 0.3) is 0 Å². The Balaban J connectivity index is 2.24. The second-order valence-electron chi connectivity index (χ2n) is 4.45. The van der Waals surface area contributed by atoms with E-state index in [1.807, 2.05) is 25.1 Å². The fourth-order valence-electron chi connectivity index (χ4n) is 2.11. The van der Waals surface area contributed by atoms with Crippen LogP contribution >= 0.6 is 0 Å². The molecule has 2 rings (SSSR count). The number of rotatable bonds is 7. The molecular formula is C16H21NO2. The van der Waals surface area contributed by atoms with Crippen molar-refractivity contribution < 1.29 is 9.15 Å². The molecule has 1 N–H and O–H groups in total. The van der Waals surface area contributed by atoms with Gasteiger partial charge in [-0.05, 0) is 43.7 Å². The second kappa shape index (κ2) is 7.00. The van der Waals surface area contributed by atoms with E-state index in [4.69, 9.17) is 9.15 Å². The molecule has 0 amide bonds.